The minimum absolute atomic E-state index is 1.12. The first-order valence-electron chi connectivity index (χ1n) is 7.60. The molecule has 0 N–H and O–H groups in total. The van der Waals surface area contributed by atoms with Crippen LogP contribution in [0.3, 0.4) is 0 Å². The summed E-state index contributed by atoms with van der Waals surface area (Å²) >= 11 is 2.80. The summed E-state index contributed by atoms with van der Waals surface area (Å²) < 4.78 is -2.43. The summed E-state index contributed by atoms with van der Waals surface area (Å²) in [6, 6.07) is 33.1. The zero-order valence-electron chi connectivity index (χ0n) is 12.7. The molecule has 3 aromatic carbocycles. The molecule has 0 aliphatic rings. The Hall–Kier alpha value is -1.18. The molecule has 0 radical (unpaired) electrons. The summed E-state index contributed by atoms with van der Waals surface area (Å²) in [6.07, 6.45) is 1.12. The molecule has 0 heterocycles. The van der Waals surface area contributed by atoms with Crippen LogP contribution in [0, 0.1) is 0 Å². The summed E-state index contributed by atoms with van der Waals surface area (Å²) in [5, 5.41) is 4.36. The van der Waals surface area contributed by atoms with Gasteiger partial charge in [0.2, 0.25) is 0 Å². The van der Waals surface area contributed by atoms with Crippen molar-refractivity contribution in [2.24, 2.45) is 0 Å². The predicted molar refractivity (Wildman–Crippen MR) is 110 cm³/mol. The zero-order valence-corrected chi connectivity index (χ0v) is 15.7. The van der Waals surface area contributed by atoms with E-state index in [0.717, 1.165) is 6.16 Å². The Kier molecular flexibility index (Phi) is 4.38. The topological polar surface area (TPSA) is 0 Å². The SMILES string of the molecule is CCP(I)(c1ccccc1)(c1ccccc1)c1ccccc1. The number of benzene rings is 3. The Balaban J connectivity index is 2.41. The number of halogens is 1. The van der Waals surface area contributed by atoms with Gasteiger partial charge in [-0.25, -0.2) is 0 Å². The van der Waals surface area contributed by atoms with Gasteiger partial charge in [0, 0.05) is 0 Å². The molecule has 0 fully saturated rings. The van der Waals surface area contributed by atoms with Gasteiger partial charge in [-0.3, -0.25) is 0 Å². The molecular weight excluding hydrogens is 398 g/mol. The molecular formula is C20H20IP. The van der Waals surface area contributed by atoms with Gasteiger partial charge < -0.3 is 0 Å². The van der Waals surface area contributed by atoms with E-state index in [2.05, 4.69) is 120 Å². The first-order valence-corrected chi connectivity index (χ1v) is 12.8. The summed E-state index contributed by atoms with van der Waals surface area (Å²) in [4.78, 5) is 0. The second kappa shape index (κ2) is 6.14. The monoisotopic (exact) mass is 418 g/mol. The Morgan fingerprint density at radius 2 is 0.864 bits per heavy atom. The van der Waals surface area contributed by atoms with Gasteiger partial charge in [0.25, 0.3) is 0 Å². The van der Waals surface area contributed by atoms with Gasteiger partial charge in [-0.1, -0.05) is 0 Å². The van der Waals surface area contributed by atoms with Crippen molar-refractivity contribution in [3.8, 4) is 0 Å². The molecule has 0 amide bonds. The molecule has 0 saturated heterocycles. The normalized spacial score (nSPS) is 13.3. The Morgan fingerprint density at radius 1 is 0.591 bits per heavy atom. The van der Waals surface area contributed by atoms with Crippen LogP contribution in [0.1, 0.15) is 6.92 Å². The van der Waals surface area contributed by atoms with Gasteiger partial charge in [0.1, 0.15) is 0 Å². The molecule has 0 spiro atoms. The average molecular weight is 418 g/mol. The van der Waals surface area contributed by atoms with E-state index in [-0.39, 0.29) is 0 Å². The third-order valence-corrected chi connectivity index (χ3v) is 16.9. The first kappa shape index (κ1) is 15.7. The van der Waals surface area contributed by atoms with Crippen LogP contribution < -0.4 is 15.9 Å². The van der Waals surface area contributed by atoms with Crippen molar-refractivity contribution in [1.29, 1.82) is 0 Å². The van der Waals surface area contributed by atoms with Crippen molar-refractivity contribution in [2.75, 3.05) is 6.16 Å². The molecule has 0 aliphatic carbocycles. The molecule has 112 valence electrons. The first-order chi connectivity index (χ1) is 10.7. The summed E-state index contributed by atoms with van der Waals surface area (Å²) in [6.45, 7) is 2.33. The Bertz CT molecular complexity index is 639. The van der Waals surface area contributed by atoms with Crippen LogP contribution in [0.2, 0.25) is 0 Å². The van der Waals surface area contributed by atoms with E-state index in [4.69, 9.17) is 0 Å². The number of hydrogen-bond donors (Lipinski definition) is 0. The van der Waals surface area contributed by atoms with Gasteiger partial charge in [0.05, 0.1) is 0 Å². The van der Waals surface area contributed by atoms with Crippen LogP contribution in [0.15, 0.2) is 91.0 Å². The Labute approximate surface area is 146 Å². The predicted octanol–water partition coefficient (Wildman–Crippen LogP) is 4.89. The Morgan fingerprint density at radius 3 is 1.09 bits per heavy atom. The summed E-state index contributed by atoms with van der Waals surface area (Å²) in [7, 11) is 0. The van der Waals surface area contributed by atoms with E-state index in [1.165, 1.54) is 15.9 Å². The number of rotatable bonds is 4. The molecule has 0 atom stereocenters. The van der Waals surface area contributed by atoms with E-state index in [9.17, 15) is 0 Å². The standard InChI is InChI=1S/C20H20IP/c1-2-22(21,18-12-6-3-7-13-18,19-14-8-4-9-15-19)20-16-10-5-11-17-20/h3-17H,2H2,1H3. The maximum atomic E-state index is 2.80. The quantitative estimate of drug-likeness (QED) is 0.418. The molecule has 0 saturated carbocycles. The average Bonchev–Trinajstić information content (AvgIpc) is 2.63. The minimum atomic E-state index is -2.43. The molecule has 2 heteroatoms. The van der Waals surface area contributed by atoms with E-state index < -0.39 is 4.25 Å². The van der Waals surface area contributed by atoms with Gasteiger partial charge >= 0.3 is 146 Å². The van der Waals surface area contributed by atoms with Crippen molar-refractivity contribution in [1.82, 2.24) is 0 Å². The van der Waals surface area contributed by atoms with Crippen LogP contribution >= 0.6 is 26.3 Å². The van der Waals surface area contributed by atoms with E-state index in [0.29, 0.717) is 0 Å². The van der Waals surface area contributed by atoms with E-state index in [1.54, 1.807) is 0 Å². The summed E-state index contributed by atoms with van der Waals surface area (Å²) in [5.41, 5.74) is 0. The van der Waals surface area contributed by atoms with Gasteiger partial charge in [-0.15, -0.1) is 0 Å². The van der Waals surface area contributed by atoms with Crippen molar-refractivity contribution in [3.63, 3.8) is 0 Å². The second-order valence-corrected chi connectivity index (χ2v) is 16.4. The van der Waals surface area contributed by atoms with Crippen molar-refractivity contribution >= 4 is 42.2 Å². The molecule has 0 bridgehead atoms. The molecule has 0 nitrogen and oxygen atoms in total. The second-order valence-electron chi connectivity index (χ2n) is 5.51. The van der Waals surface area contributed by atoms with Gasteiger partial charge in [0.15, 0.2) is 0 Å². The summed E-state index contributed by atoms with van der Waals surface area (Å²) in [5.74, 6) is 0. The van der Waals surface area contributed by atoms with Crippen LogP contribution in [0.5, 0.6) is 0 Å². The van der Waals surface area contributed by atoms with Crippen LogP contribution in [0.4, 0.5) is 0 Å². The third-order valence-electron chi connectivity index (χ3n) is 4.48. The van der Waals surface area contributed by atoms with Crippen LogP contribution in [0.25, 0.3) is 0 Å². The fourth-order valence-corrected chi connectivity index (χ4v) is 10.5. The maximum absolute atomic E-state index is 2.80. The zero-order chi connectivity index (χ0) is 15.5. The van der Waals surface area contributed by atoms with Gasteiger partial charge in [-0.05, 0) is 0 Å². The van der Waals surface area contributed by atoms with Crippen LogP contribution in [-0.2, 0) is 0 Å². The molecule has 3 rings (SSSR count). The fraction of sp³-hybridized carbons (Fsp3) is 0.100. The fourth-order valence-electron chi connectivity index (χ4n) is 3.21. The molecule has 0 aromatic heterocycles. The molecule has 0 unspecified atom stereocenters. The van der Waals surface area contributed by atoms with Crippen molar-refractivity contribution < 1.29 is 0 Å². The van der Waals surface area contributed by atoms with E-state index in [1.807, 2.05) is 0 Å². The molecule has 22 heavy (non-hydrogen) atoms. The van der Waals surface area contributed by atoms with Crippen LogP contribution in [-0.4, -0.2) is 6.16 Å². The van der Waals surface area contributed by atoms with Gasteiger partial charge in [-0.2, -0.15) is 0 Å². The number of hydrogen-bond acceptors (Lipinski definition) is 0. The molecule has 0 aliphatic heterocycles. The third kappa shape index (κ3) is 2.31. The van der Waals surface area contributed by atoms with Crippen molar-refractivity contribution in [2.45, 2.75) is 6.92 Å². The van der Waals surface area contributed by atoms with Crippen molar-refractivity contribution in [3.05, 3.63) is 91.0 Å². The molecule has 3 aromatic rings. The van der Waals surface area contributed by atoms with E-state index >= 15 is 0 Å².